The summed E-state index contributed by atoms with van der Waals surface area (Å²) in [5, 5.41) is 0. The Labute approximate surface area is 151 Å². The Bertz CT molecular complexity index is 1100. The fraction of sp³-hybridized carbons (Fsp3) is 0. The van der Waals surface area contributed by atoms with Crippen molar-refractivity contribution in [2.75, 3.05) is 4.72 Å². The smallest absolute Gasteiger partial charge is 0.261 e. The van der Waals surface area contributed by atoms with Crippen molar-refractivity contribution in [3.05, 3.63) is 83.7 Å². The Hall–Kier alpha value is -2.94. The van der Waals surface area contributed by atoms with E-state index in [0.717, 1.165) is 0 Å². The van der Waals surface area contributed by atoms with E-state index in [2.05, 4.69) is 4.72 Å². The van der Waals surface area contributed by atoms with Gasteiger partial charge in [0.1, 0.15) is 0 Å². The van der Waals surface area contributed by atoms with Crippen LogP contribution in [0, 0.1) is 29.1 Å². The highest BCUT2D eigenvalue weighted by atomic mass is 32.2. The van der Waals surface area contributed by atoms with Gasteiger partial charge in [0, 0.05) is 11.6 Å². The van der Waals surface area contributed by atoms with Crippen LogP contribution < -0.4 is 4.72 Å². The highest BCUT2D eigenvalue weighted by Gasteiger charge is 2.21. The molecular weight excluding hydrogens is 389 g/mol. The summed E-state index contributed by atoms with van der Waals surface area (Å²) in [4.78, 5) is -0.169. The molecule has 3 aromatic rings. The zero-order chi connectivity index (χ0) is 19.8. The molecule has 0 saturated heterocycles. The van der Waals surface area contributed by atoms with Gasteiger partial charge < -0.3 is 0 Å². The van der Waals surface area contributed by atoms with Crippen LogP contribution in [0.5, 0.6) is 0 Å². The van der Waals surface area contributed by atoms with Gasteiger partial charge in [-0.25, -0.2) is 30.4 Å². The van der Waals surface area contributed by atoms with Crippen LogP contribution in [0.4, 0.5) is 27.6 Å². The summed E-state index contributed by atoms with van der Waals surface area (Å²) in [5.41, 5.74) is -1.22. The van der Waals surface area contributed by atoms with Crippen molar-refractivity contribution in [1.29, 1.82) is 0 Å². The van der Waals surface area contributed by atoms with Crippen molar-refractivity contribution in [2.24, 2.45) is 0 Å². The Morgan fingerprint density at radius 2 is 1.26 bits per heavy atom. The molecule has 0 atom stereocenters. The van der Waals surface area contributed by atoms with Crippen LogP contribution in [0.3, 0.4) is 0 Å². The molecule has 0 bridgehead atoms. The highest BCUT2D eigenvalue weighted by molar-refractivity contribution is 7.92. The van der Waals surface area contributed by atoms with Gasteiger partial charge in [0.15, 0.2) is 29.1 Å². The van der Waals surface area contributed by atoms with Crippen LogP contribution in [-0.2, 0) is 10.0 Å². The number of hydrogen-bond acceptors (Lipinski definition) is 2. The van der Waals surface area contributed by atoms with Crippen molar-refractivity contribution in [1.82, 2.24) is 0 Å². The number of hydrogen-bond donors (Lipinski definition) is 1. The third-order valence-electron chi connectivity index (χ3n) is 3.65. The van der Waals surface area contributed by atoms with Crippen molar-refractivity contribution in [2.45, 2.75) is 4.90 Å². The van der Waals surface area contributed by atoms with Gasteiger partial charge in [-0.1, -0.05) is 18.2 Å². The van der Waals surface area contributed by atoms with E-state index in [1.807, 2.05) is 0 Å². The summed E-state index contributed by atoms with van der Waals surface area (Å²) in [6.45, 7) is 0. The Morgan fingerprint density at radius 3 is 1.85 bits per heavy atom. The number of halogens is 5. The van der Waals surface area contributed by atoms with Crippen LogP contribution >= 0.6 is 0 Å². The molecule has 0 aromatic heterocycles. The van der Waals surface area contributed by atoms with Crippen molar-refractivity contribution in [3.63, 3.8) is 0 Å². The lowest BCUT2D eigenvalue weighted by molar-refractivity contribution is 0.447. The average Bonchev–Trinajstić information content (AvgIpc) is 2.62. The van der Waals surface area contributed by atoms with Crippen molar-refractivity contribution >= 4 is 15.7 Å². The summed E-state index contributed by atoms with van der Waals surface area (Å²) in [6, 6.07) is 9.19. The lowest BCUT2D eigenvalue weighted by Gasteiger charge is -2.14. The predicted molar refractivity (Wildman–Crippen MR) is 88.9 cm³/mol. The minimum absolute atomic E-state index is 0.169. The summed E-state index contributed by atoms with van der Waals surface area (Å²) >= 11 is 0. The van der Waals surface area contributed by atoms with Gasteiger partial charge in [0.25, 0.3) is 10.0 Å². The second kappa shape index (κ2) is 6.99. The quantitative estimate of drug-likeness (QED) is 0.504. The average molecular weight is 399 g/mol. The maximum absolute atomic E-state index is 13.7. The monoisotopic (exact) mass is 399 g/mol. The maximum atomic E-state index is 13.7. The molecular formula is C18H10F5NO2S. The standard InChI is InChI=1S/C18H10F5NO2S/c19-13-8-12(10-6-15(21)18(23)16(22)7-10)17(9-14(13)20)24-27(25,26)11-4-2-1-3-5-11/h1-9,24H. The molecule has 27 heavy (non-hydrogen) atoms. The minimum Gasteiger partial charge on any atom is -0.279 e. The number of anilines is 1. The molecule has 0 radical (unpaired) electrons. The van der Waals surface area contributed by atoms with E-state index in [9.17, 15) is 30.4 Å². The maximum Gasteiger partial charge on any atom is 0.261 e. The van der Waals surface area contributed by atoms with Crippen LogP contribution in [0.2, 0.25) is 0 Å². The fourth-order valence-corrected chi connectivity index (χ4v) is 3.48. The van der Waals surface area contributed by atoms with Gasteiger partial charge in [-0.2, -0.15) is 0 Å². The number of nitrogens with one attached hydrogen (secondary N) is 1. The third kappa shape index (κ3) is 3.77. The Morgan fingerprint density at radius 1 is 0.704 bits per heavy atom. The zero-order valence-electron chi connectivity index (χ0n) is 13.3. The van der Waals surface area contributed by atoms with Crippen molar-refractivity contribution in [3.8, 4) is 11.1 Å². The molecule has 3 aromatic carbocycles. The highest BCUT2D eigenvalue weighted by Crippen LogP contribution is 2.33. The molecule has 0 amide bonds. The fourth-order valence-electron chi connectivity index (χ4n) is 2.38. The Balaban J connectivity index is 2.16. The molecule has 3 rings (SSSR count). The molecule has 0 spiro atoms. The number of rotatable bonds is 4. The number of sulfonamides is 1. The molecule has 0 fully saturated rings. The zero-order valence-corrected chi connectivity index (χ0v) is 14.1. The van der Waals surface area contributed by atoms with E-state index in [-0.39, 0.29) is 16.0 Å². The molecule has 0 unspecified atom stereocenters. The molecule has 0 saturated carbocycles. The van der Waals surface area contributed by atoms with Crippen LogP contribution in [0.25, 0.3) is 11.1 Å². The third-order valence-corrected chi connectivity index (χ3v) is 5.03. The van der Waals surface area contributed by atoms with E-state index in [4.69, 9.17) is 0 Å². The summed E-state index contributed by atoms with van der Waals surface area (Å²) in [7, 11) is -4.20. The molecule has 3 nitrogen and oxygen atoms in total. The van der Waals surface area contributed by atoms with Gasteiger partial charge in [-0.15, -0.1) is 0 Å². The first-order valence-electron chi connectivity index (χ1n) is 7.41. The first-order valence-corrected chi connectivity index (χ1v) is 8.89. The van der Waals surface area contributed by atoms with Gasteiger partial charge in [-0.3, -0.25) is 4.72 Å². The van der Waals surface area contributed by atoms with E-state index < -0.39 is 44.8 Å². The van der Waals surface area contributed by atoms with Gasteiger partial charge in [0.05, 0.1) is 10.6 Å². The summed E-state index contributed by atoms with van der Waals surface area (Å²) in [6.07, 6.45) is 0. The largest absolute Gasteiger partial charge is 0.279 e. The molecule has 0 heterocycles. The normalized spacial score (nSPS) is 11.4. The van der Waals surface area contributed by atoms with Gasteiger partial charge >= 0.3 is 0 Å². The summed E-state index contributed by atoms with van der Waals surface area (Å²) in [5.74, 6) is -7.63. The van der Waals surface area contributed by atoms with E-state index in [1.165, 1.54) is 24.3 Å². The van der Waals surface area contributed by atoms with Crippen LogP contribution in [0.1, 0.15) is 0 Å². The molecule has 1 N–H and O–H groups in total. The predicted octanol–water partition coefficient (Wildman–Crippen LogP) is 4.85. The van der Waals surface area contributed by atoms with E-state index >= 15 is 0 Å². The SMILES string of the molecule is O=S(=O)(Nc1cc(F)c(F)cc1-c1cc(F)c(F)c(F)c1)c1ccccc1. The molecule has 0 aliphatic rings. The summed E-state index contributed by atoms with van der Waals surface area (Å²) < 4.78 is 94.4. The first-order chi connectivity index (χ1) is 12.7. The van der Waals surface area contributed by atoms with E-state index in [0.29, 0.717) is 24.3 Å². The molecule has 0 aliphatic carbocycles. The molecule has 0 aliphatic heterocycles. The topological polar surface area (TPSA) is 46.2 Å². The van der Waals surface area contributed by atoms with Gasteiger partial charge in [0.2, 0.25) is 0 Å². The van der Waals surface area contributed by atoms with Crippen LogP contribution in [0.15, 0.2) is 59.5 Å². The molecule has 9 heteroatoms. The molecule has 140 valence electrons. The lowest BCUT2D eigenvalue weighted by atomic mass is 10.0. The lowest BCUT2D eigenvalue weighted by Crippen LogP contribution is -2.14. The first kappa shape index (κ1) is 18.8. The minimum atomic E-state index is -4.20. The van der Waals surface area contributed by atoms with E-state index in [1.54, 1.807) is 6.07 Å². The Kier molecular flexibility index (Phi) is 4.88. The second-order valence-corrected chi connectivity index (χ2v) is 7.17. The number of benzene rings is 3. The van der Waals surface area contributed by atoms with Gasteiger partial charge in [-0.05, 0) is 35.9 Å². The second-order valence-electron chi connectivity index (χ2n) is 5.48. The van der Waals surface area contributed by atoms with Crippen molar-refractivity contribution < 1.29 is 30.4 Å². The van der Waals surface area contributed by atoms with Crippen LogP contribution in [-0.4, -0.2) is 8.42 Å².